The van der Waals surface area contributed by atoms with Crippen LogP contribution in [0.2, 0.25) is 0 Å². The smallest absolute Gasteiger partial charge is 0.292 e. The van der Waals surface area contributed by atoms with Gasteiger partial charge in [0.15, 0.2) is 0 Å². The average molecular weight is 313 g/mol. The average Bonchev–Trinajstić information content (AvgIpc) is 2.73. The van der Waals surface area contributed by atoms with Gasteiger partial charge in [0, 0.05) is 17.5 Å². The molecule has 2 rings (SSSR count). The van der Waals surface area contributed by atoms with Crippen molar-refractivity contribution in [1.82, 2.24) is 0 Å². The van der Waals surface area contributed by atoms with Crippen molar-refractivity contribution in [3.05, 3.63) is 55.2 Å². The van der Waals surface area contributed by atoms with Gasteiger partial charge in [-0.15, -0.1) is 11.3 Å². The van der Waals surface area contributed by atoms with Crippen molar-refractivity contribution in [3.63, 3.8) is 0 Å². The second-order valence-electron chi connectivity index (χ2n) is 3.33. The number of halogens is 1. The van der Waals surface area contributed by atoms with Crippen LogP contribution in [0.25, 0.3) is 0 Å². The van der Waals surface area contributed by atoms with Crippen molar-refractivity contribution in [2.75, 3.05) is 5.32 Å². The van der Waals surface area contributed by atoms with Gasteiger partial charge in [-0.1, -0.05) is 12.1 Å². The first-order valence-corrected chi connectivity index (χ1v) is 6.49. The van der Waals surface area contributed by atoms with Crippen molar-refractivity contribution in [2.24, 2.45) is 0 Å². The maximum atomic E-state index is 10.8. The Morgan fingerprint density at radius 2 is 2.06 bits per heavy atom. The first-order valence-electron chi connectivity index (χ1n) is 4.88. The number of thiophene rings is 1. The van der Waals surface area contributed by atoms with Gasteiger partial charge >= 0.3 is 0 Å². The third-order valence-electron chi connectivity index (χ3n) is 2.18. The van der Waals surface area contributed by atoms with E-state index in [2.05, 4.69) is 21.2 Å². The highest BCUT2D eigenvalue weighted by Gasteiger charge is 2.11. The molecule has 0 radical (unpaired) electrons. The molecule has 0 amide bonds. The lowest BCUT2D eigenvalue weighted by atomic mass is 10.2. The van der Waals surface area contributed by atoms with Crippen LogP contribution in [0.1, 0.15) is 4.88 Å². The van der Waals surface area contributed by atoms with E-state index in [9.17, 15) is 10.1 Å². The van der Waals surface area contributed by atoms with Crippen molar-refractivity contribution >= 4 is 38.6 Å². The molecule has 0 spiro atoms. The summed E-state index contributed by atoms with van der Waals surface area (Å²) < 4.78 is 1.05. The summed E-state index contributed by atoms with van der Waals surface area (Å²) in [6, 6.07) is 10.6. The Bertz CT molecular complexity index is 542. The lowest BCUT2D eigenvalue weighted by Gasteiger charge is -2.04. The van der Waals surface area contributed by atoms with Crippen LogP contribution in [0.4, 0.5) is 11.4 Å². The van der Waals surface area contributed by atoms with E-state index in [0.29, 0.717) is 12.2 Å². The summed E-state index contributed by atoms with van der Waals surface area (Å²) in [7, 11) is 0. The van der Waals surface area contributed by atoms with E-state index in [0.717, 1.165) is 8.66 Å². The Morgan fingerprint density at radius 3 is 2.71 bits per heavy atom. The number of nitro benzene ring substituents is 1. The van der Waals surface area contributed by atoms with Gasteiger partial charge < -0.3 is 5.32 Å². The van der Waals surface area contributed by atoms with Gasteiger partial charge in [-0.3, -0.25) is 10.1 Å². The minimum atomic E-state index is -0.382. The van der Waals surface area contributed by atoms with Gasteiger partial charge in [0.2, 0.25) is 0 Å². The second kappa shape index (κ2) is 5.29. The molecule has 0 saturated heterocycles. The van der Waals surface area contributed by atoms with Crippen LogP contribution in [0, 0.1) is 10.1 Å². The molecule has 0 unspecified atom stereocenters. The Hall–Kier alpha value is -1.40. The lowest BCUT2D eigenvalue weighted by Crippen LogP contribution is -2.00. The summed E-state index contributed by atoms with van der Waals surface area (Å²) in [5, 5.41) is 13.9. The highest BCUT2D eigenvalue weighted by molar-refractivity contribution is 9.11. The predicted octanol–water partition coefficient (Wildman–Crippen LogP) is 4.03. The van der Waals surface area contributed by atoms with Gasteiger partial charge in [0.05, 0.1) is 8.71 Å². The minimum absolute atomic E-state index is 0.100. The molecule has 6 heteroatoms. The topological polar surface area (TPSA) is 55.2 Å². The normalized spacial score (nSPS) is 10.2. The predicted molar refractivity (Wildman–Crippen MR) is 72.4 cm³/mol. The van der Waals surface area contributed by atoms with Crippen molar-refractivity contribution < 1.29 is 4.92 Å². The Kier molecular flexibility index (Phi) is 3.75. The molecule has 4 nitrogen and oxygen atoms in total. The number of hydrogen-bond donors (Lipinski definition) is 1. The quantitative estimate of drug-likeness (QED) is 0.685. The Balaban J connectivity index is 2.11. The molecule has 0 saturated carbocycles. The van der Waals surface area contributed by atoms with Crippen LogP contribution in [-0.4, -0.2) is 4.92 Å². The second-order valence-corrected chi connectivity index (χ2v) is 5.88. The largest absolute Gasteiger partial charge is 0.375 e. The monoisotopic (exact) mass is 312 g/mol. The number of hydrogen-bond acceptors (Lipinski definition) is 4. The molecular formula is C11H9BrN2O2S. The van der Waals surface area contributed by atoms with Crippen molar-refractivity contribution in [1.29, 1.82) is 0 Å². The van der Waals surface area contributed by atoms with Crippen LogP contribution in [0.5, 0.6) is 0 Å². The Labute approximate surface area is 111 Å². The first kappa shape index (κ1) is 12.1. The molecule has 0 atom stereocenters. The highest BCUT2D eigenvalue weighted by Crippen LogP contribution is 2.26. The van der Waals surface area contributed by atoms with Crippen LogP contribution >= 0.6 is 27.3 Å². The molecule has 1 heterocycles. The van der Waals surface area contributed by atoms with Crippen molar-refractivity contribution in [2.45, 2.75) is 6.54 Å². The molecule has 1 N–H and O–H groups in total. The van der Waals surface area contributed by atoms with E-state index < -0.39 is 0 Å². The number of rotatable bonds is 4. The molecule has 2 aromatic rings. The number of benzene rings is 1. The SMILES string of the molecule is O=[N+]([O-])c1ccccc1NCc1ccc(Br)s1. The van der Waals surface area contributed by atoms with Crippen LogP contribution in [0.15, 0.2) is 40.2 Å². The number of nitrogens with one attached hydrogen (secondary N) is 1. The summed E-state index contributed by atoms with van der Waals surface area (Å²) in [4.78, 5) is 11.5. The highest BCUT2D eigenvalue weighted by atomic mass is 79.9. The first-order chi connectivity index (χ1) is 8.16. The van der Waals surface area contributed by atoms with E-state index in [1.54, 1.807) is 29.5 Å². The number of nitro groups is 1. The van der Waals surface area contributed by atoms with Crippen LogP contribution in [0.3, 0.4) is 0 Å². The summed E-state index contributed by atoms with van der Waals surface area (Å²) >= 11 is 4.98. The molecule has 17 heavy (non-hydrogen) atoms. The third-order valence-corrected chi connectivity index (χ3v) is 3.81. The van der Waals surface area contributed by atoms with Crippen LogP contribution < -0.4 is 5.32 Å². The molecule has 0 fully saturated rings. The molecular weight excluding hydrogens is 304 g/mol. The number of anilines is 1. The fraction of sp³-hybridized carbons (Fsp3) is 0.0909. The zero-order valence-electron chi connectivity index (χ0n) is 8.72. The molecule has 88 valence electrons. The summed E-state index contributed by atoms with van der Waals surface area (Å²) in [5.74, 6) is 0. The minimum Gasteiger partial charge on any atom is -0.375 e. The van der Waals surface area contributed by atoms with Crippen molar-refractivity contribution in [3.8, 4) is 0 Å². The van der Waals surface area contributed by atoms with Crippen LogP contribution in [-0.2, 0) is 6.54 Å². The fourth-order valence-corrected chi connectivity index (χ4v) is 2.83. The summed E-state index contributed by atoms with van der Waals surface area (Å²) in [5.41, 5.74) is 0.644. The molecule has 1 aromatic heterocycles. The maximum absolute atomic E-state index is 10.8. The van der Waals surface area contributed by atoms with Gasteiger partial charge in [0.1, 0.15) is 5.69 Å². The van der Waals surface area contributed by atoms with E-state index >= 15 is 0 Å². The van der Waals surface area contributed by atoms with Gasteiger partial charge in [-0.05, 0) is 34.1 Å². The zero-order valence-corrected chi connectivity index (χ0v) is 11.1. The molecule has 0 bridgehead atoms. The van der Waals surface area contributed by atoms with E-state index in [4.69, 9.17) is 0 Å². The summed E-state index contributed by atoms with van der Waals surface area (Å²) in [6.45, 7) is 0.584. The third kappa shape index (κ3) is 3.04. The zero-order chi connectivity index (χ0) is 12.3. The lowest BCUT2D eigenvalue weighted by molar-refractivity contribution is -0.384. The van der Waals surface area contributed by atoms with E-state index in [1.165, 1.54) is 6.07 Å². The molecule has 0 aliphatic heterocycles. The standard InChI is InChI=1S/C11H9BrN2O2S/c12-11-6-5-8(17-11)7-13-9-3-1-2-4-10(9)14(15)16/h1-6,13H,7H2. The fourth-order valence-electron chi connectivity index (χ4n) is 1.41. The van der Waals surface area contributed by atoms with E-state index in [1.807, 2.05) is 12.1 Å². The van der Waals surface area contributed by atoms with E-state index in [-0.39, 0.29) is 10.6 Å². The number of para-hydroxylation sites is 2. The molecule has 0 aliphatic carbocycles. The van der Waals surface area contributed by atoms with Gasteiger partial charge in [-0.25, -0.2) is 0 Å². The molecule has 0 aliphatic rings. The van der Waals surface area contributed by atoms with Gasteiger partial charge in [0.25, 0.3) is 5.69 Å². The van der Waals surface area contributed by atoms with Gasteiger partial charge in [-0.2, -0.15) is 0 Å². The summed E-state index contributed by atoms with van der Waals surface area (Å²) in [6.07, 6.45) is 0. The Morgan fingerprint density at radius 1 is 1.29 bits per heavy atom. The number of nitrogens with zero attached hydrogens (tertiary/aromatic N) is 1. The molecule has 1 aromatic carbocycles. The maximum Gasteiger partial charge on any atom is 0.292 e.